The maximum Gasteiger partial charge on any atom is 0.242 e. The summed E-state index contributed by atoms with van der Waals surface area (Å²) in [6.07, 6.45) is 0. The van der Waals surface area contributed by atoms with Crippen LogP contribution in [0.15, 0.2) is 24.3 Å². The van der Waals surface area contributed by atoms with Gasteiger partial charge in [-0.05, 0) is 31.5 Å². The van der Waals surface area contributed by atoms with E-state index in [0.717, 1.165) is 17.0 Å². The summed E-state index contributed by atoms with van der Waals surface area (Å²) in [5, 5.41) is 7.72. The monoisotopic (exact) mass is 292 g/mol. The Bertz CT molecular complexity index is 636. The van der Waals surface area contributed by atoms with Crippen LogP contribution in [0.3, 0.4) is 0 Å². The van der Waals surface area contributed by atoms with E-state index in [1.165, 1.54) is 0 Å². The zero-order chi connectivity index (χ0) is 14.7. The fraction of sp³-hybridized carbons (Fsp3) is 0.286. The van der Waals surface area contributed by atoms with Crippen molar-refractivity contribution < 1.29 is 4.79 Å². The molecule has 0 spiro atoms. The van der Waals surface area contributed by atoms with Gasteiger partial charge in [0.2, 0.25) is 5.91 Å². The molecule has 106 valence electrons. The topological polar surface area (TPSA) is 72.9 Å². The molecule has 0 aliphatic rings. The molecule has 0 unspecified atom stereocenters. The van der Waals surface area contributed by atoms with Gasteiger partial charge < -0.3 is 11.1 Å². The largest absolute Gasteiger partial charge is 0.396 e. The maximum absolute atomic E-state index is 11.9. The summed E-state index contributed by atoms with van der Waals surface area (Å²) in [5.74, 6) is -0.115. The maximum atomic E-state index is 11.9. The lowest BCUT2D eigenvalue weighted by atomic mass is 10.2. The van der Waals surface area contributed by atoms with Gasteiger partial charge >= 0.3 is 0 Å². The second-order valence-electron chi connectivity index (χ2n) is 4.65. The third-order valence-corrected chi connectivity index (χ3v) is 3.34. The van der Waals surface area contributed by atoms with E-state index in [2.05, 4.69) is 10.4 Å². The number of aromatic nitrogens is 2. The van der Waals surface area contributed by atoms with E-state index in [9.17, 15) is 4.79 Å². The minimum Gasteiger partial charge on any atom is -0.396 e. The standard InChI is InChI=1S/C14H17ClN4O/c1-9-14(16)10(2)19(18-9)8-13(20)17-7-11-4-3-5-12(15)6-11/h3-6H,7-8,16H2,1-2H3,(H,17,20). The van der Waals surface area contributed by atoms with Crippen molar-refractivity contribution in [3.05, 3.63) is 46.2 Å². The number of anilines is 1. The Morgan fingerprint density at radius 2 is 2.20 bits per heavy atom. The Labute approximate surface area is 122 Å². The second-order valence-corrected chi connectivity index (χ2v) is 5.09. The van der Waals surface area contributed by atoms with Gasteiger partial charge in [0, 0.05) is 11.6 Å². The highest BCUT2D eigenvalue weighted by molar-refractivity contribution is 6.30. The van der Waals surface area contributed by atoms with Gasteiger partial charge in [-0.2, -0.15) is 5.10 Å². The minimum absolute atomic E-state index is 0.115. The molecular weight excluding hydrogens is 276 g/mol. The van der Waals surface area contributed by atoms with Crippen molar-refractivity contribution in [1.29, 1.82) is 0 Å². The number of hydrogen-bond donors (Lipinski definition) is 2. The highest BCUT2D eigenvalue weighted by Gasteiger charge is 2.11. The van der Waals surface area contributed by atoms with E-state index in [1.54, 1.807) is 10.7 Å². The smallest absolute Gasteiger partial charge is 0.242 e. The highest BCUT2D eigenvalue weighted by atomic mass is 35.5. The van der Waals surface area contributed by atoms with Crippen molar-refractivity contribution in [2.75, 3.05) is 5.73 Å². The summed E-state index contributed by atoms with van der Waals surface area (Å²) in [6.45, 7) is 4.26. The molecule has 0 fully saturated rings. The number of rotatable bonds is 4. The first-order chi connectivity index (χ1) is 9.47. The van der Waals surface area contributed by atoms with Gasteiger partial charge in [-0.3, -0.25) is 9.48 Å². The lowest BCUT2D eigenvalue weighted by Crippen LogP contribution is -2.28. The van der Waals surface area contributed by atoms with Crippen LogP contribution < -0.4 is 11.1 Å². The third kappa shape index (κ3) is 3.30. The summed E-state index contributed by atoms with van der Waals surface area (Å²) in [4.78, 5) is 11.9. The number of carbonyl (C=O) groups excluding carboxylic acids is 1. The number of halogens is 1. The summed E-state index contributed by atoms with van der Waals surface area (Å²) < 4.78 is 1.61. The Kier molecular flexibility index (Phi) is 4.29. The van der Waals surface area contributed by atoms with Gasteiger partial charge in [0.15, 0.2) is 0 Å². The van der Waals surface area contributed by atoms with E-state index in [0.29, 0.717) is 17.3 Å². The van der Waals surface area contributed by atoms with Crippen LogP contribution in [0.25, 0.3) is 0 Å². The Hall–Kier alpha value is -2.01. The lowest BCUT2D eigenvalue weighted by molar-refractivity contribution is -0.122. The molecule has 0 atom stereocenters. The molecule has 0 bridgehead atoms. The van der Waals surface area contributed by atoms with Crippen molar-refractivity contribution in [3.8, 4) is 0 Å². The first kappa shape index (κ1) is 14.4. The average molecular weight is 293 g/mol. The van der Waals surface area contributed by atoms with Gasteiger partial charge in [-0.15, -0.1) is 0 Å². The molecule has 2 rings (SSSR count). The number of nitrogens with zero attached hydrogens (tertiary/aromatic N) is 2. The molecule has 0 aliphatic heterocycles. The molecule has 1 aromatic carbocycles. The number of aryl methyl sites for hydroxylation is 1. The number of nitrogens with two attached hydrogens (primary N) is 1. The van der Waals surface area contributed by atoms with E-state index in [-0.39, 0.29) is 12.5 Å². The molecule has 0 saturated carbocycles. The SMILES string of the molecule is Cc1nn(CC(=O)NCc2cccc(Cl)c2)c(C)c1N. The lowest BCUT2D eigenvalue weighted by Gasteiger charge is -2.07. The van der Waals surface area contributed by atoms with E-state index >= 15 is 0 Å². The highest BCUT2D eigenvalue weighted by Crippen LogP contribution is 2.14. The molecule has 0 aliphatic carbocycles. The van der Waals surface area contributed by atoms with Gasteiger partial charge in [0.25, 0.3) is 0 Å². The number of nitrogens with one attached hydrogen (secondary N) is 1. The average Bonchev–Trinajstić information content (AvgIpc) is 2.64. The van der Waals surface area contributed by atoms with Crippen molar-refractivity contribution in [2.24, 2.45) is 0 Å². The van der Waals surface area contributed by atoms with E-state index in [1.807, 2.05) is 32.0 Å². The molecule has 20 heavy (non-hydrogen) atoms. The molecule has 0 saturated heterocycles. The number of carbonyl (C=O) groups is 1. The predicted molar refractivity (Wildman–Crippen MR) is 79.4 cm³/mol. The molecule has 2 aromatic rings. The predicted octanol–water partition coefficient (Wildman–Crippen LogP) is 2.05. The van der Waals surface area contributed by atoms with Gasteiger partial charge in [0.05, 0.1) is 17.1 Å². The summed E-state index contributed by atoms with van der Waals surface area (Å²) in [7, 11) is 0. The van der Waals surface area contributed by atoms with Crippen LogP contribution in [0.1, 0.15) is 17.0 Å². The first-order valence-corrected chi connectivity index (χ1v) is 6.66. The van der Waals surface area contributed by atoms with Crippen LogP contribution >= 0.6 is 11.6 Å². The molecule has 1 heterocycles. The fourth-order valence-corrected chi connectivity index (χ4v) is 2.12. The summed E-state index contributed by atoms with van der Waals surface area (Å²) in [6, 6.07) is 7.38. The number of benzene rings is 1. The van der Waals surface area contributed by atoms with E-state index in [4.69, 9.17) is 17.3 Å². The fourth-order valence-electron chi connectivity index (χ4n) is 1.90. The Morgan fingerprint density at radius 3 is 2.80 bits per heavy atom. The minimum atomic E-state index is -0.115. The van der Waals surface area contributed by atoms with Crippen LogP contribution in [0.2, 0.25) is 5.02 Å². The molecule has 1 aromatic heterocycles. The zero-order valence-electron chi connectivity index (χ0n) is 11.5. The van der Waals surface area contributed by atoms with Crippen molar-refractivity contribution in [2.45, 2.75) is 26.9 Å². The quantitative estimate of drug-likeness (QED) is 0.906. The third-order valence-electron chi connectivity index (χ3n) is 3.11. The number of hydrogen-bond acceptors (Lipinski definition) is 3. The first-order valence-electron chi connectivity index (χ1n) is 6.28. The van der Waals surface area contributed by atoms with Crippen molar-refractivity contribution in [3.63, 3.8) is 0 Å². The Balaban J connectivity index is 1.94. The summed E-state index contributed by atoms with van der Waals surface area (Å²) in [5.41, 5.74) is 8.97. The van der Waals surface area contributed by atoms with Crippen LogP contribution in [-0.4, -0.2) is 15.7 Å². The van der Waals surface area contributed by atoms with Crippen LogP contribution in [-0.2, 0) is 17.9 Å². The van der Waals surface area contributed by atoms with Gasteiger partial charge in [0.1, 0.15) is 6.54 Å². The molecule has 6 heteroatoms. The van der Waals surface area contributed by atoms with E-state index < -0.39 is 0 Å². The Morgan fingerprint density at radius 1 is 1.45 bits per heavy atom. The summed E-state index contributed by atoms with van der Waals surface area (Å²) >= 11 is 5.89. The van der Waals surface area contributed by atoms with Crippen molar-refractivity contribution >= 4 is 23.2 Å². The van der Waals surface area contributed by atoms with Crippen LogP contribution in [0, 0.1) is 13.8 Å². The molecule has 0 radical (unpaired) electrons. The molecule has 3 N–H and O–H groups in total. The van der Waals surface area contributed by atoms with Gasteiger partial charge in [-0.1, -0.05) is 23.7 Å². The van der Waals surface area contributed by atoms with Gasteiger partial charge in [-0.25, -0.2) is 0 Å². The number of nitrogen functional groups attached to an aromatic ring is 1. The van der Waals surface area contributed by atoms with Crippen LogP contribution in [0.4, 0.5) is 5.69 Å². The van der Waals surface area contributed by atoms with Crippen LogP contribution in [0.5, 0.6) is 0 Å². The van der Waals surface area contributed by atoms with Crippen molar-refractivity contribution in [1.82, 2.24) is 15.1 Å². The second kappa shape index (κ2) is 5.96. The molecule has 5 nitrogen and oxygen atoms in total. The zero-order valence-corrected chi connectivity index (χ0v) is 12.2. The molecule has 1 amide bonds. The normalized spacial score (nSPS) is 10.6. The number of amides is 1. The molecular formula is C14H17ClN4O.